The standard InChI is InChI=1S/C12H17N3O2S/c1-9-8-18-5-4-15(9)12(17)7-14-6-10(13)2-3-11(14)16/h2-3,6,9H,4-5,7-8,13H2,1H3. The summed E-state index contributed by atoms with van der Waals surface area (Å²) in [6.45, 7) is 2.85. The normalized spacial score (nSPS) is 19.8. The smallest absolute Gasteiger partial charge is 0.251 e. The van der Waals surface area contributed by atoms with Gasteiger partial charge in [0.25, 0.3) is 5.56 Å². The third kappa shape index (κ3) is 2.87. The molecule has 1 unspecified atom stereocenters. The zero-order valence-corrected chi connectivity index (χ0v) is 11.2. The fraction of sp³-hybridized carbons (Fsp3) is 0.500. The lowest BCUT2D eigenvalue weighted by molar-refractivity contribution is -0.133. The first kappa shape index (κ1) is 13.0. The van der Waals surface area contributed by atoms with Gasteiger partial charge in [0.2, 0.25) is 5.91 Å². The van der Waals surface area contributed by atoms with Crippen molar-refractivity contribution >= 4 is 23.4 Å². The average molecular weight is 267 g/mol. The fourth-order valence-corrected chi connectivity index (χ4v) is 3.02. The Kier molecular flexibility index (Phi) is 3.96. The van der Waals surface area contributed by atoms with E-state index in [-0.39, 0.29) is 24.1 Å². The van der Waals surface area contributed by atoms with Crippen LogP contribution in [0.4, 0.5) is 5.69 Å². The van der Waals surface area contributed by atoms with E-state index in [1.807, 2.05) is 23.6 Å². The molecule has 5 nitrogen and oxygen atoms in total. The van der Waals surface area contributed by atoms with Crippen LogP contribution in [-0.2, 0) is 11.3 Å². The van der Waals surface area contributed by atoms with Crippen LogP contribution in [0.5, 0.6) is 0 Å². The molecular weight excluding hydrogens is 250 g/mol. The Bertz CT molecular complexity index is 500. The molecule has 1 aliphatic rings. The molecule has 0 bridgehead atoms. The number of carbonyl (C=O) groups excluding carboxylic acids is 1. The molecule has 1 amide bonds. The molecular formula is C12H17N3O2S. The van der Waals surface area contributed by atoms with E-state index in [1.165, 1.54) is 16.8 Å². The maximum atomic E-state index is 12.2. The molecule has 2 rings (SSSR count). The Hall–Kier alpha value is -1.43. The summed E-state index contributed by atoms with van der Waals surface area (Å²) in [5, 5.41) is 0. The number of nitrogen functional groups attached to an aromatic ring is 1. The number of carbonyl (C=O) groups is 1. The van der Waals surface area contributed by atoms with Crippen LogP contribution >= 0.6 is 11.8 Å². The number of pyridine rings is 1. The Balaban J connectivity index is 2.11. The highest BCUT2D eigenvalue weighted by molar-refractivity contribution is 7.99. The molecule has 0 spiro atoms. The molecule has 0 aromatic carbocycles. The third-order valence-corrected chi connectivity index (χ3v) is 4.19. The quantitative estimate of drug-likeness (QED) is 0.842. The molecule has 18 heavy (non-hydrogen) atoms. The molecule has 0 aliphatic carbocycles. The first-order chi connectivity index (χ1) is 8.58. The predicted molar refractivity (Wildman–Crippen MR) is 73.6 cm³/mol. The molecule has 1 fully saturated rings. The number of nitrogens with zero attached hydrogens (tertiary/aromatic N) is 2. The summed E-state index contributed by atoms with van der Waals surface area (Å²) < 4.78 is 1.37. The monoisotopic (exact) mass is 267 g/mol. The van der Waals surface area contributed by atoms with Gasteiger partial charge in [-0.1, -0.05) is 0 Å². The molecule has 0 radical (unpaired) electrons. The van der Waals surface area contributed by atoms with Crippen molar-refractivity contribution in [3.05, 3.63) is 28.7 Å². The van der Waals surface area contributed by atoms with Gasteiger partial charge in [0.1, 0.15) is 6.54 Å². The first-order valence-electron chi connectivity index (χ1n) is 5.91. The van der Waals surface area contributed by atoms with Crippen molar-refractivity contribution < 1.29 is 4.79 Å². The molecule has 2 N–H and O–H groups in total. The van der Waals surface area contributed by atoms with Crippen LogP contribution in [0.2, 0.25) is 0 Å². The number of rotatable bonds is 2. The highest BCUT2D eigenvalue weighted by Gasteiger charge is 2.23. The zero-order chi connectivity index (χ0) is 13.1. The molecule has 98 valence electrons. The summed E-state index contributed by atoms with van der Waals surface area (Å²) in [7, 11) is 0. The highest BCUT2D eigenvalue weighted by atomic mass is 32.2. The minimum atomic E-state index is -0.198. The minimum Gasteiger partial charge on any atom is -0.398 e. The topological polar surface area (TPSA) is 68.3 Å². The first-order valence-corrected chi connectivity index (χ1v) is 7.06. The van der Waals surface area contributed by atoms with Gasteiger partial charge in [-0.15, -0.1) is 0 Å². The van der Waals surface area contributed by atoms with Gasteiger partial charge in [-0.05, 0) is 13.0 Å². The van der Waals surface area contributed by atoms with E-state index in [0.29, 0.717) is 5.69 Å². The molecule has 2 heterocycles. The Morgan fingerprint density at radius 1 is 1.56 bits per heavy atom. The molecule has 0 saturated carbocycles. The lowest BCUT2D eigenvalue weighted by Crippen LogP contribution is -2.46. The number of hydrogen-bond acceptors (Lipinski definition) is 4. The van der Waals surface area contributed by atoms with Gasteiger partial charge in [-0.2, -0.15) is 11.8 Å². The van der Waals surface area contributed by atoms with Crippen LogP contribution in [0.15, 0.2) is 23.1 Å². The number of nitrogens with two attached hydrogens (primary N) is 1. The summed E-state index contributed by atoms with van der Waals surface area (Å²) in [4.78, 5) is 25.6. The summed E-state index contributed by atoms with van der Waals surface area (Å²) in [5.74, 6) is 1.90. The Morgan fingerprint density at radius 2 is 2.33 bits per heavy atom. The van der Waals surface area contributed by atoms with Crippen molar-refractivity contribution in [2.75, 3.05) is 23.8 Å². The van der Waals surface area contributed by atoms with E-state index in [4.69, 9.17) is 5.73 Å². The summed E-state index contributed by atoms with van der Waals surface area (Å²) in [6.07, 6.45) is 1.52. The SMILES string of the molecule is CC1CSCCN1C(=O)Cn1cc(N)ccc1=O. The molecule has 6 heteroatoms. The summed E-state index contributed by atoms with van der Waals surface area (Å²) >= 11 is 1.85. The van der Waals surface area contributed by atoms with Crippen molar-refractivity contribution in [2.45, 2.75) is 19.5 Å². The average Bonchev–Trinajstić information content (AvgIpc) is 2.34. The van der Waals surface area contributed by atoms with E-state index in [1.54, 1.807) is 6.07 Å². The molecule has 1 atom stereocenters. The largest absolute Gasteiger partial charge is 0.398 e. The fourth-order valence-electron chi connectivity index (χ4n) is 2.01. The van der Waals surface area contributed by atoms with E-state index in [9.17, 15) is 9.59 Å². The number of hydrogen-bond donors (Lipinski definition) is 1. The number of thioether (sulfide) groups is 1. The lowest BCUT2D eigenvalue weighted by Gasteiger charge is -2.33. The molecule has 1 saturated heterocycles. The highest BCUT2D eigenvalue weighted by Crippen LogP contribution is 2.16. The van der Waals surface area contributed by atoms with Gasteiger partial charge in [0.15, 0.2) is 0 Å². The lowest BCUT2D eigenvalue weighted by atomic mass is 10.3. The van der Waals surface area contributed by atoms with Crippen molar-refractivity contribution in [1.82, 2.24) is 9.47 Å². The van der Waals surface area contributed by atoms with Crippen LogP contribution in [0, 0.1) is 0 Å². The van der Waals surface area contributed by atoms with Gasteiger partial charge in [-0.25, -0.2) is 0 Å². The van der Waals surface area contributed by atoms with Gasteiger partial charge in [-0.3, -0.25) is 9.59 Å². The predicted octanol–water partition coefficient (Wildman–Crippen LogP) is 0.394. The van der Waals surface area contributed by atoms with Crippen molar-refractivity contribution in [1.29, 1.82) is 0 Å². The zero-order valence-electron chi connectivity index (χ0n) is 10.3. The van der Waals surface area contributed by atoms with Gasteiger partial charge >= 0.3 is 0 Å². The van der Waals surface area contributed by atoms with Crippen LogP contribution < -0.4 is 11.3 Å². The van der Waals surface area contributed by atoms with E-state index >= 15 is 0 Å². The van der Waals surface area contributed by atoms with E-state index in [2.05, 4.69) is 0 Å². The maximum Gasteiger partial charge on any atom is 0.251 e. The maximum absolute atomic E-state index is 12.2. The van der Waals surface area contributed by atoms with Crippen molar-refractivity contribution in [2.24, 2.45) is 0 Å². The Morgan fingerprint density at radius 3 is 3.06 bits per heavy atom. The van der Waals surface area contributed by atoms with E-state index in [0.717, 1.165) is 18.1 Å². The Labute approximate surface area is 110 Å². The van der Waals surface area contributed by atoms with Gasteiger partial charge < -0.3 is 15.2 Å². The number of amides is 1. The van der Waals surface area contributed by atoms with Crippen LogP contribution in [0.1, 0.15) is 6.92 Å². The third-order valence-electron chi connectivity index (χ3n) is 3.00. The van der Waals surface area contributed by atoms with Crippen molar-refractivity contribution in [3.8, 4) is 0 Å². The second-order valence-electron chi connectivity index (χ2n) is 4.44. The summed E-state index contributed by atoms with van der Waals surface area (Å²) in [5.41, 5.74) is 5.91. The molecule has 1 aliphatic heterocycles. The van der Waals surface area contributed by atoms with Gasteiger partial charge in [0, 0.05) is 42.0 Å². The van der Waals surface area contributed by atoms with E-state index < -0.39 is 0 Å². The van der Waals surface area contributed by atoms with Crippen LogP contribution in [0.25, 0.3) is 0 Å². The number of aromatic nitrogens is 1. The molecule has 1 aromatic heterocycles. The minimum absolute atomic E-state index is 0.0181. The molecule has 1 aromatic rings. The second kappa shape index (κ2) is 5.48. The second-order valence-corrected chi connectivity index (χ2v) is 5.59. The van der Waals surface area contributed by atoms with Crippen LogP contribution in [-0.4, -0.2) is 39.5 Å². The van der Waals surface area contributed by atoms with Gasteiger partial charge in [0.05, 0.1) is 0 Å². The van der Waals surface area contributed by atoms with Crippen molar-refractivity contribution in [3.63, 3.8) is 0 Å². The summed E-state index contributed by atoms with van der Waals surface area (Å²) in [6, 6.07) is 3.16. The van der Waals surface area contributed by atoms with Crippen LogP contribution in [0.3, 0.4) is 0 Å². The number of anilines is 1.